The lowest BCUT2D eigenvalue weighted by molar-refractivity contribution is -0.140. The minimum atomic E-state index is -0.522. The lowest BCUT2D eigenvalue weighted by Crippen LogP contribution is -2.14. The average molecular weight is 408 g/mol. The zero-order chi connectivity index (χ0) is 22.3. The highest BCUT2D eigenvalue weighted by Gasteiger charge is 2.12. The Kier molecular flexibility index (Phi) is 7.69. The summed E-state index contributed by atoms with van der Waals surface area (Å²) in [6, 6.07) is 12.3. The van der Waals surface area contributed by atoms with Crippen LogP contribution in [-0.4, -0.2) is 31.1 Å². The number of carbonyl (C=O) groups excluding carboxylic acids is 3. The van der Waals surface area contributed by atoms with Gasteiger partial charge in [0.2, 0.25) is 0 Å². The first-order chi connectivity index (χ1) is 14.2. The largest absolute Gasteiger partial charge is 0.459 e. The van der Waals surface area contributed by atoms with Crippen molar-refractivity contribution in [1.29, 1.82) is 0 Å². The van der Waals surface area contributed by atoms with Gasteiger partial charge in [-0.3, -0.25) is 0 Å². The Bertz CT molecular complexity index is 985. The van der Waals surface area contributed by atoms with E-state index in [-0.39, 0.29) is 18.8 Å². The second-order valence-corrected chi connectivity index (χ2v) is 6.78. The molecule has 0 fully saturated rings. The van der Waals surface area contributed by atoms with Gasteiger partial charge in [0, 0.05) is 11.1 Å². The monoisotopic (exact) mass is 408 g/mol. The number of benzene rings is 2. The van der Waals surface area contributed by atoms with Crippen LogP contribution in [0, 0.1) is 6.92 Å². The first-order valence-electron chi connectivity index (χ1n) is 9.27. The van der Waals surface area contributed by atoms with Gasteiger partial charge in [-0.05, 0) is 61.7 Å². The van der Waals surface area contributed by atoms with E-state index in [1.165, 1.54) is 0 Å². The molecule has 0 aliphatic rings. The number of hydrogen-bond donors (Lipinski definition) is 0. The topological polar surface area (TPSA) is 78.9 Å². The predicted molar refractivity (Wildman–Crippen MR) is 113 cm³/mol. The van der Waals surface area contributed by atoms with Crippen molar-refractivity contribution in [3.63, 3.8) is 0 Å². The molecule has 6 heteroatoms. The molecule has 0 unspecified atom stereocenters. The third-order valence-corrected chi connectivity index (χ3v) is 4.08. The highest BCUT2D eigenvalue weighted by Crippen LogP contribution is 2.26. The highest BCUT2D eigenvalue weighted by molar-refractivity contribution is 5.91. The van der Waals surface area contributed by atoms with Crippen molar-refractivity contribution in [2.45, 2.75) is 20.8 Å². The predicted octanol–water partition coefficient (Wildman–Crippen LogP) is 4.42. The van der Waals surface area contributed by atoms with Crippen LogP contribution >= 0.6 is 0 Å². The molecule has 0 atom stereocenters. The van der Waals surface area contributed by atoms with Gasteiger partial charge in [0.15, 0.2) is 0 Å². The van der Waals surface area contributed by atoms with E-state index in [1.54, 1.807) is 38.1 Å². The van der Waals surface area contributed by atoms with Gasteiger partial charge in [-0.2, -0.15) is 0 Å². The normalized spacial score (nSPS) is 10.1. The summed E-state index contributed by atoms with van der Waals surface area (Å²) >= 11 is 0. The van der Waals surface area contributed by atoms with E-state index in [9.17, 15) is 14.4 Å². The van der Waals surface area contributed by atoms with Crippen LogP contribution in [0.25, 0.3) is 11.1 Å². The van der Waals surface area contributed by atoms with E-state index in [2.05, 4.69) is 13.2 Å². The van der Waals surface area contributed by atoms with Crippen molar-refractivity contribution in [1.82, 2.24) is 0 Å². The van der Waals surface area contributed by atoms with Crippen LogP contribution in [0.5, 0.6) is 5.75 Å². The highest BCUT2D eigenvalue weighted by atomic mass is 16.6. The van der Waals surface area contributed by atoms with Gasteiger partial charge in [-0.15, -0.1) is 0 Å². The minimum absolute atomic E-state index is 0.0310. The van der Waals surface area contributed by atoms with Crippen molar-refractivity contribution in [2.75, 3.05) is 13.2 Å². The van der Waals surface area contributed by atoms with Crippen LogP contribution in [0.4, 0.5) is 0 Å². The molecule has 0 aromatic heterocycles. The van der Waals surface area contributed by atoms with Crippen LogP contribution in [-0.2, 0) is 19.1 Å². The standard InChI is InChI=1S/C24H24O6/c1-15(2)22(25)28-12-13-29-24(27)19-8-11-21(17(5)14-19)18-6-9-20(10-7-18)30-23(26)16(3)4/h6-11,14H,1,3,12-13H2,2,4-5H3. The third kappa shape index (κ3) is 6.17. The zero-order valence-electron chi connectivity index (χ0n) is 17.3. The molecule has 156 valence electrons. The summed E-state index contributed by atoms with van der Waals surface area (Å²) in [7, 11) is 0. The molecular weight excluding hydrogens is 384 g/mol. The number of rotatable bonds is 8. The van der Waals surface area contributed by atoms with Crippen molar-refractivity contribution >= 4 is 17.9 Å². The molecule has 0 amide bonds. The summed E-state index contributed by atoms with van der Waals surface area (Å²) < 4.78 is 15.2. The van der Waals surface area contributed by atoms with Crippen LogP contribution in [0.15, 0.2) is 66.8 Å². The van der Waals surface area contributed by atoms with Gasteiger partial charge in [0.05, 0.1) is 5.56 Å². The van der Waals surface area contributed by atoms with Crippen LogP contribution < -0.4 is 4.74 Å². The van der Waals surface area contributed by atoms with Gasteiger partial charge in [-0.1, -0.05) is 31.4 Å². The molecule has 2 rings (SSSR count). The van der Waals surface area contributed by atoms with Crippen molar-refractivity contribution in [2.24, 2.45) is 0 Å². The van der Waals surface area contributed by atoms with Crippen LogP contribution in [0.2, 0.25) is 0 Å². The Labute approximate surface area is 175 Å². The van der Waals surface area contributed by atoms with Gasteiger partial charge in [0.25, 0.3) is 0 Å². The van der Waals surface area contributed by atoms with E-state index < -0.39 is 17.9 Å². The Morgan fingerprint density at radius 3 is 2.00 bits per heavy atom. The summed E-state index contributed by atoms with van der Waals surface area (Å²) in [4.78, 5) is 35.1. The molecule has 0 aliphatic carbocycles. The molecular formula is C24H24O6. The molecule has 0 bridgehead atoms. The van der Waals surface area contributed by atoms with E-state index in [1.807, 2.05) is 25.1 Å². The summed E-state index contributed by atoms with van der Waals surface area (Å²) in [5.41, 5.74) is 3.73. The second kappa shape index (κ2) is 10.2. The third-order valence-electron chi connectivity index (χ3n) is 4.08. The molecule has 30 heavy (non-hydrogen) atoms. The Morgan fingerprint density at radius 2 is 1.43 bits per heavy atom. The molecule has 0 spiro atoms. The van der Waals surface area contributed by atoms with E-state index in [4.69, 9.17) is 14.2 Å². The van der Waals surface area contributed by atoms with Gasteiger partial charge in [0.1, 0.15) is 19.0 Å². The number of hydrogen-bond acceptors (Lipinski definition) is 6. The van der Waals surface area contributed by atoms with E-state index in [0.717, 1.165) is 16.7 Å². The van der Waals surface area contributed by atoms with Crippen LogP contribution in [0.1, 0.15) is 29.8 Å². The molecule has 2 aromatic rings. The Balaban J connectivity index is 2.00. The maximum Gasteiger partial charge on any atom is 0.338 e. The summed E-state index contributed by atoms with van der Waals surface area (Å²) in [6.45, 7) is 12.0. The van der Waals surface area contributed by atoms with E-state index >= 15 is 0 Å². The molecule has 0 heterocycles. The molecule has 0 aliphatic heterocycles. The second-order valence-electron chi connectivity index (χ2n) is 6.78. The van der Waals surface area contributed by atoms with Crippen molar-refractivity contribution in [3.8, 4) is 16.9 Å². The van der Waals surface area contributed by atoms with Gasteiger partial charge >= 0.3 is 17.9 Å². The molecule has 6 nitrogen and oxygen atoms in total. The molecule has 0 saturated heterocycles. The fraction of sp³-hybridized carbons (Fsp3) is 0.208. The maximum atomic E-state index is 12.2. The first kappa shape index (κ1) is 22.6. The average Bonchev–Trinajstić information content (AvgIpc) is 2.71. The summed E-state index contributed by atoms with van der Waals surface area (Å²) in [5, 5.41) is 0. The summed E-state index contributed by atoms with van der Waals surface area (Å²) in [5.74, 6) is -1.07. The fourth-order valence-corrected chi connectivity index (χ4v) is 2.49. The lowest BCUT2D eigenvalue weighted by Gasteiger charge is -2.10. The minimum Gasteiger partial charge on any atom is -0.459 e. The van der Waals surface area contributed by atoms with Gasteiger partial charge in [-0.25, -0.2) is 14.4 Å². The number of aryl methyl sites for hydroxylation is 1. The number of carbonyl (C=O) groups is 3. The lowest BCUT2D eigenvalue weighted by atomic mass is 9.98. The Morgan fingerprint density at radius 1 is 0.833 bits per heavy atom. The first-order valence-corrected chi connectivity index (χ1v) is 9.27. The van der Waals surface area contributed by atoms with Gasteiger partial charge < -0.3 is 14.2 Å². The smallest absolute Gasteiger partial charge is 0.338 e. The van der Waals surface area contributed by atoms with E-state index in [0.29, 0.717) is 16.9 Å². The van der Waals surface area contributed by atoms with Crippen molar-refractivity contribution < 1.29 is 28.6 Å². The van der Waals surface area contributed by atoms with Crippen LogP contribution in [0.3, 0.4) is 0 Å². The number of ether oxygens (including phenoxy) is 3. The molecule has 0 saturated carbocycles. The zero-order valence-corrected chi connectivity index (χ0v) is 17.3. The SMILES string of the molecule is C=C(C)C(=O)OCCOC(=O)c1ccc(-c2ccc(OC(=O)C(=C)C)cc2)c(C)c1. The molecule has 2 aromatic carbocycles. The van der Waals surface area contributed by atoms with Crippen molar-refractivity contribution in [3.05, 3.63) is 77.9 Å². The number of esters is 3. The maximum absolute atomic E-state index is 12.2. The molecule has 0 radical (unpaired) electrons. The Hall–Kier alpha value is -3.67. The summed E-state index contributed by atoms with van der Waals surface area (Å²) in [6.07, 6.45) is 0. The quantitative estimate of drug-likeness (QED) is 0.278. The fourth-order valence-electron chi connectivity index (χ4n) is 2.49. The molecule has 0 N–H and O–H groups in total.